The molecule has 1 N–H and O–H groups in total. The summed E-state index contributed by atoms with van der Waals surface area (Å²) in [7, 11) is 1.18. The Bertz CT molecular complexity index is 1520. The van der Waals surface area contributed by atoms with Crippen LogP contribution in [0.2, 0.25) is 0 Å². The molecule has 0 aromatic rings. The number of nitrogens with one attached hydrogen (secondary N) is 1. The van der Waals surface area contributed by atoms with Crippen molar-refractivity contribution in [3.63, 3.8) is 0 Å². The highest BCUT2D eigenvalue weighted by atomic mass is 31.2. The SMILES string of the molecule is CCCCC/C=C\C/C=C\C/C=C\CCCCCCC(=O)OC(/C=C\CCCCCCCCCCC)C(COP(=O)([O-])OCC[N+](C)(C)C)NC(=O)CCCCCCCCCCCCCCCCCCCCCCCCCCCCC. The van der Waals surface area contributed by atoms with E-state index in [1.54, 1.807) is 0 Å². The van der Waals surface area contributed by atoms with E-state index in [1.807, 2.05) is 33.3 Å². The van der Waals surface area contributed by atoms with Crippen LogP contribution in [-0.4, -0.2) is 69.4 Å². The number of carbonyl (C=O) groups excluding carboxylic acids is 2. The van der Waals surface area contributed by atoms with Crippen LogP contribution in [0.5, 0.6) is 0 Å². The molecule has 0 bridgehead atoms. The van der Waals surface area contributed by atoms with Crippen LogP contribution >= 0.6 is 7.82 Å². The first-order valence-electron chi connectivity index (χ1n) is 34.9. The van der Waals surface area contributed by atoms with E-state index >= 15 is 0 Å². The summed E-state index contributed by atoms with van der Waals surface area (Å²) < 4.78 is 30.4. The second kappa shape index (κ2) is 61.1. The number of nitrogens with zero attached hydrogens (tertiary/aromatic N) is 1. The lowest BCUT2D eigenvalue weighted by Crippen LogP contribution is -2.47. The van der Waals surface area contributed by atoms with Gasteiger partial charge in [0, 0.05) is 12.8 Å². The smallest absolute Gasteiger partial charge is 0.306 e. The molecule has 0 aromatic heterocycles. The van der Waals surface area contributed by atoms with Gasteiger partial charge < -0.3 is 28.5 Å². The molecular weight excluding hydrogens is 1020 g/mol. The Morgan fingerprint density at radius 1 is 0.432 bits per heavy atom. The summed E-state index contributed by atoms with van der Waals surface area (Å²) in [5.74, 6) is -0.553. The summed E-state index contributed by atoms with van der Waals surface area (Å²) in [6, 6.07) is -0.896. The van der Waals surface area contributed by atoms with E-state index in [0.29, 0.717) is 23.9 Å². The van der Waals surface area contributed by atoms with Gasteiger partial charge in [-0.2, -0.15) is 0 Å². The van der Waals surface area contributed by atoms with Gasteiger partial charge in [-0.25, -0.2) is 0 Å². The van der Waals surface area contributed by atoms with Crippen molar-refractivity contribution in [2.24, 2.45) is 0 Å². The number of hydrogen-bond acceptors (Lipinski definition) is 7. The molecule has 1 amide bonds. The van der Waals surface area contributed by atoms with Crippen LogP contribution in [0.25, 0.3) is 0 Å². The fraction of sp³-hybridized carbons (Fsp3) is 0.859. The third kappa shape index (κ3) is 62.3. The Morgan fingerprint density at radius 2 is 0.753 bits per heavy atom. The number of allylic oxidation sites excluding steroid dienone is 7. The summed E-state index contributed by atoms with van der Waals surface area (Å²) in [4.78, 5) is 40.1. The first kappa shape index (κ1) is 79.0. The predicted molar refractivity (Wildman–Crippen MR) is 349 cm³/mol. The number of esters is 1. The Morgan fingerprint density at radius 3 is 1.15 bits per heavy atom. The van der Waals surface area contributed by atoms with Gasteiger partial charge in [-0.15, -0.1) is 0 Å². The first-order chi connectivity index (χ1) is 39.4. The number of rotatable bonds is 64. The number of likely N-dealkylation sites (N-methyl/N-ethyl adjacent to an activating group) is 1. The fourth-order valence-electron chi connectivity index (χ4n) is 10.4. The van der Waals surface area contributed by atoms with Crippen molar-refractivity contribution in [3.05, 3.63) is 48.6 Å². The molecule has 0 fully saturated rings. The van der Waals surface area contributed by atoms with Crippen LogP contribution in [0.4, 0.5) is 0 Å². The van der Waals surface area contributed by atoms with Crippen molar-refractivity contribution in [2.45, 2.75) is 354 Å². The van der Waals surface area contributed by atoms with Crippen molar-refractivity contribution in [2.75, 3.05) is 40.9 Å². The monoisotopic (exact) mass is 1160 g/mol. The molecular formula is C71H135N2O7P. The summed E-state index contributed by atoms with van der Waals surface area (Å²) in [5.41, 5.74) is 0. The molecule has 0 rings (SSSR count). The topological polar surface area (TPSA) is 114 Å². The van der Waals surface area contributed by atoms with E-state index in [4.69, 9.17) is 13.8 Å². The standard InChI is InChI=1S/C71H135N2O7P/c1-7-10-13-16-19-22-25-27-29-31-32-33-34-35-36-37-38-39-40-42-43-45-48-51-54-57-60-63-70(74)72-68(67-79-81(76,77)78-66-65-73(4,5)6)69(62-59-56-53-50-47-24-21-18-15-12-9-3)80-71(75)64-61-58-55-52-49-46-44-41-30-28-26-23-20-17-14-11-8-2/h20,23,28,30,44,46,59,62,68-69H,7-19,21-22,24-27,29,31-43,45,47-58,60-61,63-67H2,1-6H3,(H-,72,74,76,77)/b23-20-,30-28-,46-44-,62-59-. The van der Waals surface area contributed by atoms with Crippen LogP contribution in [-0.2, 0) is 27.9 Å². The third-order valence-corrected chi connectivity index (χ3v) is 16.7. The van der Waals surface area contributed by atoms with Gasteiger partial charge >= 0.3 is 5.97 Å². The van der Waals surface area contributed by atoms with E-state index in [-0.39, 0.29) is 24.9 Å². The van der Waals surface area contributed by atoms with E-state index in [9.17, 15) is 19.0 Å². The second-order valence-corrected chi connectivity index (χ2v) is 26.5. The molecule has 81 heavy (non-hydrogen) atoms. The van der Waals surface area contributed by atoms with Crippen molar-refractivity contribution in [1.29, 1.82) is 0 Å². The van der Waals surface area contributed by atoms with Gasteiger partial charge in [-0.3, -0.25) is 14.2 Å². The second-order valence-electron chi connectivity index (χ2n) is 25.0. The molecule has 3 unspecified atom stereocenters. The molecule has 0 aliphatic rings. The van der Waals surface area contributed by atoms with E-state index < -0.39 is 26.6 Å². The molecule has 0 saturated carbocycles. The summed E-state index contributed by atoms with van der Waals surface area (Å²) >= 11 is 0. The maximum absolute atomic E-state index is 13.6. The Labute approximate surface area is 503 Å². The zero-order valence-corrected chi connectivity index (χ0v) is 55.4. The lowest BCUT2D eigenvalue weighted by atomic mass is 10.0. The largest absolute Gasteiger partial charge is 0.756 e. The van der Waals surface area contributed by atoms with Gasteiger partial charge in [-0.05, 0) is 70.3 Å². The van der Waals surface area contributed by atoms with Gasteiger partial charge in [0.15, 0.2) is 0 Å². The highest BCUT2D eigenvalue weighted by Crippen LogP contribution is 2.38. The Balaban J connectivity index is 4.98. The average Bonchev–Trinajstić information content (AvgIpc) is 3.43. The number of phosphoric acid groups is 1. The highest BCUT2D eigenvalue weighted by Gasteiger charge is 2.27. The molecule has 0 spiro atoms. The number of carbonyl (C=O) groups is 2. The summed E-state index contributed by atoms with van der Waals surface area (Å²) in [6.45, 7) is 6.84. The van der Waals surface area contributed by atoms with Gasteiger partial charge in [-0.1, -0.05) is 307 Å². The molecule has 476 valence electrons. The van der Waals surface area contributed by atoms with Crippen molar-refractivity contribution < 1.29 is 37.3 Å². The van der Waals surface area contributed by atoms with Crippen LogP contribution in [0.1, 0.15) is 342 Å². The highest BCUT2D eigenvalue weighted by molar-refractivity contribution is 7.45. The molecule has 0 heterocycles. The van der Waals surface area contributed by atoms with Gasteiger partial charge in [0.2, 0.25) is 5.91 Å². The first-order valence-corrected chi connectivity index (χ1v) is 36.4. The van der Waals surface area contributed by atoms with E-state index in [2.05, 4.69) is 62.5 Å². The van der Waals surface area contributed by atoms with Crippen molar-refractivity contribution >= 4 is 19.7 Å². The van der Waals surface area contributed by atoms with E-state index in [0.717, 1.165) is 77.0 Å². The van der Waals surface area contributed by atoms with Crippen molar-refractivity contribution in [3.8, 4) is 0 Å². The minimum absolute atomic E-state index is 0.0248. The van der Waals surface area contributed by atoms with Gasteiger partial charge in [0.25, 0.3) is 7.82 Å². The summed E-state index contributed by atoms with van der Waals surface area (Å²) in [6.07, 6.45) is 76.8. The van der Waals surface area contributed by atoms with Crippen LogP contribution < -0.4 is 10.2 Å². The maximum atomic E-state index is 13.6. The zero-order chi connectivity index (χ0) is 59.3. The Hall–Kier alpha value is -2.03. The van der Waals surface area contributed by atoms with Gasteiger partial charge in [0.05, 0.1) is 33.8 Å². The quantitative estimate of drug-likeness (QED) is 0.0212. The average molecular weight is 1160 g/mol. The number of phosphoric ester groups is 1. The fourth-order valence-corrected chi connectivity index (χ4v) is 11.1. The van der Waals surface area contributed by atoms with Gasteiger partial charge in [0.1, 0.15) is 19.3 Å². The molecule has 0 aliphatic carbocycles. The molecule has 9 nitrogen and oxygen atoms in total. The molecule has 0 aliphatic heterocycles. The number of amides is 1. The summed E-state index contributed by atoms with van der Waals surface area (Å²) in [5, 5.41) is 3.04. The van der Waals surface area contributed by atoms with Crippen LogP contribution in [0.15, 0.2) is 48.6 Å². The lowest BCUT2D eigenvalue weighted by molar-refractivity contribution is -0.870. The molecule has 0 radical (unpaired) electrons. The normalized spacial score (nSPS) is 13.8. The third-order valence-electron chi connectivity index (χ3n) is 15.8. The number of unbranched alkanes of at least 4 members (excludes halogenated alkanes) is 42. The Kier molecular flexibility index (Phi) is 59.5. The number of hydrogen-bond donors (Lipinski definition) is 1. The molecule has 3 atom stereocenters. The molecule has 0 saturated heterocycles. The van der Waals surface area contributed by atoms with E-state index in [1.165, 1.54) is 225 Å². The van der Waals surface area contributed by atoms with Crippen LogP contribution in [0.3, 0.4) is 0 Å². The van der Waals surface area contributed by atoms with Crippen molar-refractivity contribution in [1.82, 2.24) is 5.32 Å². The minimum Gasteiger partial charge on any atom is -0.756 e. The maximum Gasteiger partial charge on any atom is 0.306 e. The minimum atomic E-state index is -4.70. The number of ether oxygens (including phenoxy) is 1. The predicted octanol–water partition coefficient (Wildman–Crippen LogP) is 21.4. The molecule has 0 aromatic carbocycles. The lowest BCUT2D eigenvalue weighted by Gasteiger charge is -2.30. The zero-order valence-electron chi connectivity index (χ0n) is 54.5. The number of quaternary nitrogens is 1. The van der Waals surface area contributed by atoms with Crippen LogP contribution in [0, 0.1) is 0 Å². The molecule has 10 heteroatoms.